The topological polar surface area (TPSA) is 50.4 Å². The Balaban J connectivity index is 1.41. The zero-order valence-corrected chi connectivity index (χ0v) is 16.3. The molecule has 0 aromatic heterocycles. The normalized spacial score (nSPS) is 14.4. The Kier molecular flexibility index (Phi) is 7.22. The number of amides is 1. The molecule has 1 amide bonds. The van der Waals surface area contributed by atoms with Crippen LogP contribution in [0.4, 0.5) is 5.69 Å². The lowest BCUT2D eigenvalue weighted by Gasteiger charge is -2.21. The van der Waals surface area contributed by atoms with E-state index >= 15 is 0 Å². The molecule has 1 aliphatic rings. The Hall–Kier alpha value is -2.40. The van der Waals surface area contributed by atoms with Crippen molar-refractivity contribution in [2.75, 3.05) is 11.9 Å². The van der Waals surface area contributed by atoms with Gasteiger partial charge in [-0.25, -0.2) is 0 Å². The largest absolute Gasteiger partial charge is 0.494 e. The van der Waals surface area contributed by atoms with Crippen molar-refractivity contribution in [3.8, 4) is 5.75 Å². The molecule has 0 unspecified atom stereocenters. The van der Waals surface area contributed by atoms with Crippen LogP contribution >= 0.6 is 12.2 Å². The summed E-state index contributed by atoms with van der Waals surface area (Å²) in [5.41, 5.74) is 1.39. The van der Waals surface area contributed by atoms with Crippen molar-refractivity contribution in [3.63, 3.8) is 0 Å². The van der Waals surface area contributed by atoms with Crippen molar-refractivity contribution in [2.45, 2.75) is 38.5 Å². The van der Waals surface area contributed by atoms with Crippen LogP contribution in [-0.2, 0) is 0 Å². The highest BCUT2D eigenvalue weighted by atomic mass is 32.1. The molecule has 1 aliphatic carbocycles. The highest BCUT2D eigenvalue weighted by Gasteiger charge is 2.13. The standard InChI is InChI=1S/C22H26N2O2S/c25-21(18-9-5-2-6-10-18)24-22(27)23-19-11-13-20(14-12-19)26-16-15-17-7-3-1-4-8-17/h2,5-6,9-14,17H,1,3-4,7-8,15-16H2,(H2,23,24,25,27). The van der Waals surface area contributed by atoms with Crippen molar-refractivity contribution < 1.29 is 9.53 Å². The molecule has 0 saturated heterocycles. The summed E-state index contributed by atoms with van der Waals surface area (Å²) in [5.74, 6) is 1.46. The lowest BCUT2D eigenvalue weighted by molar-refractivity contribution is 0.0977. The molecule has 4 nitrogen and oxygen atoms in total. The smallest absolute Gasteiger partial charge is 0.257 e. The van der Waals surface area contributed by atoms with Crippen molar-refractivity contribution in [1.29, 1.82) is 0 Å². The third-order valence-corrected chi connectivity index (χ3v) is 5.10. The molecule has 0 heterocycles. The fourth-order valence-corrected chi connectivity index (χ4v) is 3.59. The van der Waals surface area contributed by atoms with E-state index in [9.17, 15) is 4.79 Å². The van der Waals surface area contributed by atoms with Crippen LogP contribution in [0.1, 0.15) is 48.9 Å². The number of anilines is 1. The molecule has 2 N–H and O–H groups in total. The fraction of sp³-hybridized carbons (Fsp3) is 0.364. The van der Waals surface area contributed by atoms with E-state index in [1.807, 2.05) is 42.5 Å². The molecule has 0 atom stereocenters. The SMILES string of the molecule is O=C(NC(=S)Nc1ccc(OCCC2CCCCC2)cc1)c1ccccc1. The summed E-state index contributed by atoms with van der Waals surface area (Å²) in [6.07, 6.45) is 7.95. The molecule has 0 bridgehead atoms. The monoisotopic (exact) mass is 382 g/mol. The summed E-state index contributed by atoms with van der Waals surface area (Å²) in [5, 5.41) is 5.97. The van der Waals surface area contributed by atoms with Crippen molar-refractivity contribution in [1.82, 2.24) is 5.32 Å². The van der Waals surface area contributed by atoms with E-state index in [1.54, 1.807) is 12.1 Å². The molecule has 2 aromatic carbocycles. The number of ether oxygens (including phenoxy) is 1. The minimum atomic E-state index is -0.226. The lowest BCUT2D eigenvalue weighted by atomic mass is 9.87. The third-order valence-electron chi connectivity index (χ3n) is 4.89. The second kappa shape index (κ2) is 10.1. The summed E-state index contributed by atoms with van der Waals surface area (Å²) in [6, 6.07) is 16.6. The van der Waals surface area contributed by atoms with Gasteiger partial charge in [-0.3, -0.25) is 10.1 Å². The van der Waals surface area contributed by atoms with Gasteiger partial charge in [0.05, 0.1) is 6.61 Å². The van der Waals surface area contributed by atoms with E-state index in [-0.39, 0.29) is 11.0 Å². The van der Waals surface area contributed by atoms with E-state index in [0.717, 1.165) is 30.4 Å². The zero-order valence-electron chi connectivity index (χ0n) is 15.4. The molecule has 142 valence electrons. The maximum absolute atomic E-state index is 12.1. The Morgan fingerprint density at radius 1 is 1.00 bits per heavy atom. The van der Waals surface area contributed by atoms with Gasteiger partial charge in [-0.15, -0.1) is 0 Å². The number of rotatable bonds is 6. The fourth-order valence-electron chi connectivity index (χ4n) is 3.38. The summed E-state index contributed by atoms with van der Waals surface area (Å²) in [4.78, 5) is 12.1. The number of carbonyl (C=O) groups is 1. The predicted octanol–water partition coefficient (Wildman–Crippen LogP) is 5.16. The number of nitrogens with one attached hydrogen (secondary N) is 2. The van der Waals surface area contributed by atoms with Crippen LogP contribution in [0.25, 0.3) is 0 Å². The summed E-state index contributed by atoms with van der Waals surface area (Å²) < 4.78 is 5.86. The van der Waals surface area contributed by atoms with Crippen LogP contribution in [0.2, 0.25) is 0 Å². The molecule has 2 aromatic rings. The average molecular weight is 383 g/mol. The van der Waals surface area contributed by atoms with Gasteiger partial charge in [0.2, 0.25) is 0 Å². The first-order chi connectivity index (χ1) is 13.2. The summed E-state index contributed by atoms with van der Waals surface area (Å²) in [7, 11) is 0. The van der Waals surface area contributed by atoms with E-state index in [1.165, 1.54) is 32.1 Å². The van der Waals surface area contributed by atoms with Gasteiger partial charge >= 0.3 is 0 Å². The molecular formula is C22H26N2O2S. The van der Waals surface area contributed by atoms with E-state index < -0.39 is 0 Å². The van der Waals surface area contributed by atoms with E-state index in [2.05, 4.69) is 10.6 Å². The van der Waals surface area contributed by atoms with Crippen LogP contribution in [0, 0.1) is 5.92 Å². The van der Waals surface area contributed by atoms with Gasteiger partial charge in [-0.1, -0.05) is 50.3 Å². The molecule has 1 fully saturated rings. The van der Waals surface area contributed by atoms with Gasteiger partial charge in [0.25, 0.3) is 5.91 Å². The second-order valence-corrected chi connectivity index (χ2v) is 7.35. The highest BCUT2D eigenvalue weighted by molar-refractivity contribution is 7.80. The summed E-state index contributed by atoms with van der Waals surface area (Å²) >= 11 is 5.21. The minimum Gasteiger partial charge on any atom is -0.494 e. The molecule has 27 heavy (non-hydrogen) atoms. The first-order valence-corrected chi connectivity index (χ1v) is 10.0. The molecule has 0 radical (unpaired) electrons. The number of hydrogen-bond acceptors (Lipinski definition) is 3. The predicted molar refractivity (Wildman–Crippen MR) is 113 cm³/mol. The third kappa shape index (κ3) is 6.36. The zero-order chi connectivity index (χ0) is 18.9. The number of hydrogen-bond donors (Lipinski definition) is 2. The van der Waals surface area contributed by atoms with Crippen LogP contribution < -0.4 is 15.4 Å². The molecule has 5 heteroatoms. The quantitative estimate of drug-likeness (QED) is 0.677. The van der Waals surface area contributed by atoms with Gasteiger partial charge in [0, 0.05) is 11.3 Å². The maximum Gasteiger partial charge on any atom is 0.257 e. The van der Waals surface area contributed by atoms with Gasteiger partial charge in [-0.2, -0.15) is 0 Å². The minimum absolute atomic E-state index is 0.226. The van der Waals surface area contributed by atoms with Crippen molar-refractivity contribution >= 4 is 28.9 Å². The van der Waals surface area contributed by atoms with Crippen molar-refractivity contribution in [2.24, 2.45) is 5.92 Å². The average Bonchev–Trinajstić information content (AvgIpc) is 2.71. The van der Waals surface area contributed by atoms with Crippen molar-refractivity contribution in [3.05, 3.63) is 60.2 Å². The van der Waals surface area contributed by atoms with Crippen LogP contribution in [0.5, 0.6) is 5.75 Å². The Morgan fingerprint density at radius 3 is 2.41 bits per heavy atom. The Bertz CT molecular complexity index is 741. The van der Waals surface area contributed by atoms with Gasteiger partial charge in [-0.05, 0) is 61.0 Å². The highest BCUT2D eigenvalue weighted by Crippen LogP contribution is 2.26. The van der Waals surface area contributed by atoms with Gasteiger partial charge in [0.15, 0.2) is 5.11 Å². The molecule has 0 spiro atoms. The molecule has 1 saturated carbocycles. The second-order valence-electron chi connectivity index (χ2n) is 6.94. The molecular weight excluding hydrogens is 356 g/mol. The van der Waals surface area contributed by atoms with E-state index in [4.69, 9.17) is 17.0 Å². The number of thiocarbonyl (C=S) groups is 1. The first kappa shape index (κ1) is 19.4. The van der Waals surface area contributed by atoms with E-state index in [0.29, 0.717) is 5.56 Å². The molecule has 0 aliphatic heterocycles. The van der Waals surface area contributed by atoms with Crippen LogP contribution in [0.15, 0.2) is 54.6 Å². The van der Waals surface area contributed by atoms with Crippen LogP contribution in [-0.4, -0.2) is 17.6 Å². The first-order valence-electron chi connectivity index (χ1n) is 9.61. The number of benzene rings is 2. The Labute approximate surface area is 166 Å². The molecule has 3 rings (SSSR count). The Morgan fingerprint density at radius 2 is 1.70 bits per heavy atom. The summed E-state index contributed by atoms with van der Waals surface area (Å²) in [6.45, 7) is 0.767. The lowest BCUT2D eigenvalue weighted by Crippen LogP contribution is -2.34. The number of carbonyl (C=O) groups excluding carboxylic acids is 1. The maximum atomic E-state index is 12.1. The van der Waals surface area contributed by atoms with Gasteiger partial charge in [0.1, 0.15) is 5.75 Å². The van der Waals surface area contributed by atoms with Crippen LogP contribution in [0.3, 0.4) is 0 Å². The van der Waals surface area contributed by atoms with Gasteiger partial charge < -0.3 is 10.1 Å².